The maximum Gasteiger partial charge on any atom is 0.142 e. The highest BCUT2D eigenvalue weighted by Gasteiger charge is 2.12. The van der Waals surface area contributed by atoms with Gasteiger partial charge in [-0.05, 0) is 37.6 Å². The molecule has 3 nitrogen and oxygen atoms in total. The molecule has 0 radical (unpaired) electrons. The molecule has 0 saturated heterocycles. The minimum atomic E-state index is 0.414. The molecule has 1 unspecified atom stereocenters. The molecule has 102 valence electrons. The summed E-state index contributed by atoms with van der Waals surface area (Å²) in [5, 5.41) is 2.11. The van der Waals surface area contributed by atoms with Crippen molar-refractivity contribution in [1.82, 2.24) is 4.90 Å². The molecule has 0 spiro atoms. The average Bonchev–Trinajstić information content (AvgIpc) is 2.94. The molecule has 2 N–H and O–H groups in total. The van der Waals surface area contributed by atoms with Crippen LogP contribution in [-0.2, 0) is 0 Å². The van der Waals surface area contributed by atoms with Crippen molar-refractivity contribution in [3.63, 3.8) is 0 Å². The number of hydrogen-bond acceptors (Lipinski definition) is 4. The van der Waals surface area contributed by atoms with Gasteiger partial charge in [0.1, 0.15) is 12.4 Å². The van der Waals surface area contributed by atoms with Gasteiger partial charge in [-0.15, -0.1) is 11.3 Å². The lowest BCUT2D eigenvalue weighted by molar-refractivity contribution is 0.203. The van der Waals surface area contributed by atoms with E-state index in [-0.39, 0.29) is 0 Å². The van der Waals surface area contributed by atoms with E-state index in [0.717, 1.165) is 12.3 Å². The van der Waals surface area contributed by atoms with Crippen LogP contribution in [0.15, 0.2) is 41.8 Å². The van der Waals surface area contributed by atoms with E-state index in [1.807, 2.05) is 24.3 Å². The Kier molecular flexibility index (Phi) is 4.82. The molecule has 0 bridgehead atoms. The van der Waals surface area contributed by atoms with Crippen molar-refractivity contribution in [3.8, 4) is 5.75 Å². The second kappa shape index (κ2) is 6.59. The van der Waals surface area contributed by atoms with Crippen molar-refractivity contribution in [1.29, 1.82) is 0 Å². The zero-order valence-corrected chi connectivity index (χ0v) is 12.2. The van der Waals surface area contributed by atoms with Crippen molar-refractivity contribution < 1.29 is 4.74 Å². The summed E-state index contributed by atoms with van der Waals surface area (Å²) in [6.07, 6.45) is 0. The molecule has 1 aromatic carbocycles. The molecular formula is C15H20N2OS. The highest BCUT2D eigenvalue weighted by Crippen LogP contribution is 2.23. The maximum absolute atomic E-state index is 5.84. The lowest BCUT2D eigenvalue weighted by Gasteiger charge is -2.23. The molecule has 0 aliphatic heterocycles. The van der Waals surface area contributed by atoms with Crippen molar-refractivity contribution in [2.75, 3.05) is 25.9 Å². The van der Waals surface area contributed by atoms with Gasteiger partial charge in [-0.3, -0.25) is 4.90 Å². The van der Waals surface area contributed by atoms with Crippen LogP contribution in [-0.4, -0.2) is 25.1 Å². The topological polar surface area (TPSA) is 38.5 Å². The summed E-state index contributed by atoms with van der Waals surface area (Å²) in [5.74, 6) is 0.764. The lowest BCUT2D eigenvalue weighted by Crippen LogP contribution is -2.26. The van der Waals surface area contributed by atoms with Crippen LogP contribution in [0, 0.1) is 0 Å². The summed E-state index contributed by atoms with van der Waals surface area (Å²) in [6, 6.07) is 12.3. The summed E-state index contributed by atoms with van der Waals surface area (Å²) >= 11 is 1.79. The first-order chi connectivity index (χ1) is 9.18. The van der Waals surface area contributed by atoms with Crippen LogP contribution in [0.25, 0.3) is 0 Å². The monoisotopic (exact) mass is 276 g/mol. The number of ether oxygens (including phenoxy) is 1. The van der Waals surface area contributed by atoms with Gasteiger partial charge >= 0.3 is 0 Å². The average molecular weight is 276 g/mol. The molecule has 1 heterocycles. The van der Waals surface area contributed by atoms with E-state index >= 15 is 0 Å². The molecule has 0 aliphatic carbocycles. The molecule has 2 aromatic rings. The van der Waals surface area contributed by atoms with Crippen molar-refractivity contribution in [3.05, 3.63) is 46.7 Å². The Balaban J connectivity index is 1.81. The van der Waals surface area contributed by atoms with E-state index < -0.39 is 0 Å². The normalized spacial score (nSPS) is 12.6. The van der Waals surface area contributed by atoms with Gasteiger partial charge in [-0.25, -0.2) is 0 Å². The smallest absolute Gasteiger partial charge is 0.142 e. The van der Waals surface area contributed by atoms with Gasteiger partial charge < -0.3 is 10.5 Å². The summed E-state index contributed by atoms with van der Waals surface area (Å²) in [7, 11) is 2.11. The van der Waals surface area contributed by atoms with E-state index in [9.17, 15) is 0 Å². The van der Waals surface area contributed by atoms with Gasteiger partial charge in [0, 0.05) is 17.5 Å². The molecule has 0 saturated carbocycles. The van der Waals surface area contributed by atoms with Crippen LogP contribution >= 0.6 is 11.3 Å². The number of nitrogen functional groups attached to an aromatic ring is 1. The second-order valence-electron chi connectivity index (χ2n) is 4.56. The number of likely N-dealkylation sites (N-methyl/N-ethyl adjacent to an activating group) is 1. The predicted molar refractivity (Wildman–Crippen MR) is 81.7 cm³/mol. The third-order valence-electron chi connectivity index (χ3n) is 3.24. The van der Waals surface area contributed by atoms with E-state index in [1.165, 1.54) is 4.88 Å². The fourth-order valence-corrected chi connectivity index (χ4v) is 2.70. The van der Waals surface area contributed by atoms with Crippen LogP contribution in [0.4, 0.5) is 5.69 Å². The number of nitrogens with two attached hydrogens (primary N) is 1. The molecule has 1 aromatic heterocycles. The van der Waals surface area contributed by atoms with Crippen molar-refractivity contribution in [2.45, 2.75) is 13.0 Å². The molecule has 0 amide bonds. The van der Waals surface area contributed by atoms with E-state index in [0.29, 0.717) is 18.3 Å². The molecule has 19 heavy (non-hydrogen) atoms. The van der Waals surface area contributed by atoms with Gasteiger partial charge in [-0.1, -0.05) is 18.2 Å². The number of thiophene rings is 1. The van der Waals surface area contributed by atoms with E-state index in [2.05, 4.69) is 36.4 Å². The lowest BCUT2D eigenvalue weighted by atomic mass is 10.2. The Labute approximate surface area is 118 Å². The van der Waals surface area contributed by atoms with Crippen molar-refractivity contribution >= 4 is 17.0 Å². The third kappa shape index (κ3) is 3.72. The van der Waals surface area contributed by atoms with Gasteiger partial charge in [0.15, 0.2) is 0 Å². The largest absolute Gasteiger partial charge is 0.490 e. The fourth-order valence-electron chi connectivity index (χ4n) is 1.85. The Morgan fingerprint density at radius 1 is 1.26 bits per heavy atom. The Morgan fingerprint density at radius 2 is 2.05 bits per heavy atom. The van der Waals surface area contributed by atoms with Crippen LogP contribution in [0.3, 0.4) is 0 Å². The standard InChI is InChI=1S/C15H20N2OS/c1-12(15-8-5-11-19-15)17(2)9-10-18-14-7-4-3-6-13(14)16/h3-8,11-12H,9-10,16H2,1-2H3. The number of nitrogens with zero attached hydrogens (tertiary/aromatic N) is 1. The molecule has 0 fully saturated rings. The SMILES string of the molecule is CC(c1cccs1)N(C)CCOc1ccccc1N. The van der Waals surface area contributed by atoms with Gasteiger partial charge in [0.25, 0.3) is 0 Å². The Morgan fingerprint density at radius 3 is 2.74 bits per heavy atom. The Bertz CT molecular complexity index is 499. The van der Waals surface area contributed by atoms with Crippen LogP contribution < -0.4 is 10.5 Å². The number of benzene rings is 1. The highest BCUT2D eigenvalue weighted by molar-refractivity contribution is 7.10. The summed E-state index contributed by atoms with van der Waals surface area (Å²) < 4.78 is 5.71. The van der Waals surface area contributed by atoms with Crippen LogP contribution in [0.5, 0.6) is 5.75 Å². The van der Waals surface area contributed by atoms with Crippen LogP contribution in [0.1, 0.15) is 17.8 Å². The van der Waals surface area contributed by atoms with Crippen molar-refractivity contribution in [2.24, 2.45) is 0 Å². The first kappa shape index (κ1) is 13.9. The summed E-state index contributed by atoms with van der Waals surface area (Å²) in [5.41, 5.74) is 6.53. The number of hydrogen-bond donors (Lipinski definition) is 1. The third-order valence-corrected chi connectivity index (χ3v) is 4.28. The highest BCUT2D eigenvalue weighted by atomic mass is 32.1. The molecule has 4 heteroatoms. The first-order valence-corrected chi connectivity index (χ1v) is 7.27. The van der Waals surface area contributed by atoms with E-state index in [1.54, 1.807) is 11.3 Å². The van der Waals surface area contributed by atoms with Gasteiger partial charge in [0.05, 0.1) is 5.69 Å². The van der Waals surface area contributed by atoms with Gasteiger partial charge in [-0.2, -0.15) is 0 Å². The molecule has 1 atom stereocenters. The molecule has 2 rings (SSSR count). The number of anilines is 1. The zero-order valence-electron chi connectivity index (χ0n) is 11.4. The quantitative estimate of drug-likeness (QED) is 0.822. The molecular weight excluding hydrogens is 256 g/mol. The summed E-state index contributed by atoms with van der Waals surface area (Å²) in [6.45, 7) is 3.72. The Hall–Kier alpha value is -1.52. The minimum absolute atomic E-state index is 0.414. The van der Waals surface area contributed by atoms with Gasteiger partial charge in [0.2, 0.25) is 0 Å². The number of para-hydroxylation sites is 2. The predicted octanol–water partition coefficient (Wildman–Crippen LogP) is 3.40. The van der Waals surface area contributed by atoms with E-state index in [4.69, 9.17) is 10.5 Å². The van der Waals surface area contributed by atoms with Crippen LogP contribution in [0.2, 0.25) is 0 Å². The first-order valence-electron chi connectivity index (χ1n) is 6.39. The zero-order chi connectivity index (χ0) is 13.7. The molecule has 0 aliphatic rings. The second-order valence-corrected chi connectivity index (χ2v) is 5.54. The number of rotatable bonds is 6. The minimum Gasteiger partial charge on any atom is -0.490 e. The fraction of sp³-hybridized carbons (Fsp3) is 0.333. The summed E-state index contributed by atoms with van der Waals surface area (Å²) in [4.78, 5) is 3.66. The maximum atomic E-state index is 5.84.